The highest BCUT2D eigenvalue weighted by Crippen LogP contribution is 2.33. The Kier molecular flexibility index (Phi) is 3.03. The van der Waals surface area contributed by atoms with Gasteiger partial charge >= 0.3 is 0 Å². The number of amides is 1. The van der Waals surface area contributed by atoms with Crippen molar-refractivity contribution in [2.75, 3.05) is 23.9 Å². The summed E-state index contributed by atoms with van der Waals surface area (Å²) in [6, 6.07) is 5.19. The molecule has 3 nitrogen and oxygen atoms in total. The van der Waals surface area contributed by atoms with Gasteiger partial charge < -0.3 is 9.64 Å². The number of carbonyl (C=O) groups is 1. The second-order valence-electron chi connectivity index (χ2n) is 3.14. The molecule has 15 heavy (non-hydrogen) atoms. The molecule has 0 bridgehead atoms. The molecule has 1 aromatic carbocycles. The van der Waals surface area contributed by atoms with Crippen LogP contribution >= 0.6 is 23.2 Å². The molecule has 5 heteroatoms. The van der Waals surface area contributed by atoms with E-state index in [9.17, 15) is 4.79 Å². The highest BCUT2D eigenvalue weighted by molar-refractivity contribution is 6.31. The number of benzene rings is 1. The number of ether oxygens (including phenoxy) is 1. The molecule has 0 spiro atoms. The molecule has 0 radical (unpaired) electrons. The quantitative estimate of drug-likeness (QED) is 0.711. The molecule has 0 aliphatic carbocycles. The molecular formula is C10H9Cl2NO2. The van der Waals surface area contributed by atoms with Crippen molar-refractivity contribution in [3.63, 3.8) is 0 Å². The van der Waals surface area contributed by atoms with Gasteiger partial charge in [0.05, 0.1) is 12.2 Å². The number of carbonyl (C=O) groups excluding carboxylic acids is 1. The van der Waals surface area contributed by atoms with Crippen LogP contribution in [0.1, 0.15) is 0 Å². The van der Waals surface area contributed by atoms with E-state index in [4.69, 9.17) is 27.9 Å². The van der Waals surface area contributed by atoms with Crippen LogP contribution in [-0.2, 0) is 4.79 Å². The predicted octanol–water partition coefficient (Wildman–Crippen LogP) is 2.30. The Morgan fingerprint density at radius 3 is 3.07 bits per heavy atom. The molecule has 0 aromatic heterocycles. The van der Waals surface area contributed by atoms with Gasteiger partial charge in [-0.05, 0) is 12.1 Å². The third kappa shape index (κ3) is 2.03. The summed E-state index contributed by atoms with van der Waals surface area (Å²) in [5.74, 6) is 0.484. The first-order valence-corrected chi connectivity index (χ1v) is 5.42. The molecule has 2 rings (SSSR count). The Morgan fingerprint density at radius 1 is 1.53 bits per heavy atom. The molecule has 1 aliphatic heterocycles. The second kappa shape index (κ2) is 4.29. The maximum Gasteiger partial charge on any atom is 0.242 e. The lowest BCUT2D eigenvalue weighted by molar-refractivity contribution is -0.116. The van der Waals surface area contributed by atoms with Crippen molar-refractivity contribution < 1.29 is 9.53 Å². The third-order valence-corrected chi connectivity index (χ3v) is 2.66. The first kappa shape index (κ1) is 10.6. The highest BCUT2D eigenvalue weighted by atomic mass is 35.5. The molecule has 80 valence electrons. The fourth-order valence-electron chi connectivity index (χ4n) is 1.53. The van der Waals surface area contributed by atoms with E-state index in [1.54, 1.807) is 23.1 Å². The van der Waals surface area contributed by atoms with Gasteiger partial charge in [0.2, 0.25) is 5.91 Å². The van der Waals surface area contributed by atoms with Gasteiger partial charge in [-0.3, -0.25) is 4.79 Å². The molecule has 0 atom stereocenters. The molecule has 1 aromatic rings. The number of alkyl halides is 1. The lowest BCUT2D eigenvalue weighted by Crippen LogP contribution is -2.38. The van der Waals surface area contributed by atoms with E-state index in [0.717, 1.165) is 5.69 Å². The summed E-state index contributed by atoms with van der Waals surface area (Å²) in [6.07, 6.45) is 0. The molecule has 1 aliphatic rings. The number of hydrogen-bond donors (Lipinski definition) is 0. The average Bonchev–Trinajstić information content (AvgIpc) is 2.26. The average molecular weight is 246 g/mol. The summed E-state index contributed by atoms with van der Waals surface area (Å²) in [7, 11) is 0. The van der Waals surface area contributed by atoms with E-state index in [0.29, 0.717) is 23.9 Å². The van der Waals surface area contributed by atoms with E-state index in [2.05, 4.69) is 0 Å². The van der Waals surface area contributed by atoms with Crippen LogP contribution in [0.3, 0.4) is 0 Å². The summed E-state index contributed by atoms with van der Waals surface area (Å²) < 4.78 is 5.41. The summed E-state index contributed by atoms with van der Waals surface area (Å²) in [5, 5.41) is 0.592. The van der Waals surface area contributed by atoms with Crippen molar-refractivity contribution in [1.29, 1.82) is 0 Å². The van der Waals surface area contributed by atoms with E-state index in [1.807, 2.05) is 0 Å². The zero-order valence-corrected chi connectivity index (χ0v) is 9.38. The molecule has 0 fully saturated rings. The zero-order chi connectivity index (χ0) is 10.8. The van der Waals surface area contributed by atoms with Crippen LogP contribution in [0.25, 0.3) is 0 Å². The van der Waals surface area contributed by atoms with Gasteiger partial charge in [0.15, 0.2) is 0 Å². The smallest absolute Gasteiger partial charge is 0.242 e. The largest absolute Gasteiger partial charge is 0.489 e. The van der Waals surface area contributed by atoms with Gasteiger partial charge in [-0.1, -0.05) is 11.6 Å². The highest BCUT2D eigenvalue weighted by Gasteiger charge is 2.22. The van der Waals surface area contributed by atoms with Gasteiger partial charge in [0.25, 0.3) is 0 Å². The van der Waals surface area contributed by atoms with Crippen LogP contribution in [0, 0.1) is 0 Å². The van der Waals surface area contributed by atoms with E-state index in [-0.39, 0.29) is 11.8 Å². The van der Waals surface area contributed by atoms with Crippen molar-refractivity contribution in [1.82, 2.24) is 0 Å². The minimum atomic E-state index is -0.122. The summed E-state index contributed by atoms with van der Waals surface area (Å²) in [5.41, 5.74) is 0.733. The number of fused-ring (bicyclic) bond motifs is 1. The maximum atomic E-state index is 11.5. The van der Waals surface area contributed by atoms with Crippen LogP contribution < -0.4 is 9.64 Å². The van der Waals surface area contributed by atoms with Gasteiger partial charge in [-0.25, -0.2) is 0 Å². The van der Waals surface area contributed by atoms with Crippen LogP contribution in [0.15, 0.2) is 18.2 Å². The SMILES string of the molecule is O=C(CCl)N1CCOc2cc(Cl)ccc21. The lowest BCUT2D eigenvalue weighted by Gasteiger charge is -2.29. The fraction of sp³-hybridized carbons (Fsp3) is 0.300. The Hall–Kier alpha value is -0.930. The van der Waals surface area contributed by atoms with Gasteiger partial charge in [-0.15, -0.1) is 11.6 Å². The summed E-state index contributed by atoms with van der Waals surface area (Å²) in [4.78, 5) is 13.1. The van der Waals surface area contributed by atoms with Gasteiger partial charge in [0.1, 0.15) is 18.2 Å². The van der Waals surface area contributed by atoms with Crippen molar-refractivity contribution >= 4 is 34.8 Å². The molecule has 0 saturated heterocycles. The van der Waals surface area contributed by atoms with Gasteiger partial charge in [0, 0.05) is 11.1 Å². The number of halogens is 2. The minimum Gasteiger partial charge on any atom is -0.489 e. The van der Waals surface area contributed by atoms with Crippen LogP contribution in [0.5, 0.6) is 5.75 Å². The fourth-order valence-corrected chi connectivity index (χ4v) is 1.83. The van der Waals surface area contributed by atoms with Crippen molar-refractivity contribution in [3.8, 4) is 5.75 Å². The Labute approximate surface area is 97.5 Å². The molecule has 0 N–H and O–H groups in total. The molecule has 0 unspecified atom stereocenters. The number of nitrogens with zero attached hydrogens (tertiary/aromatic N) is 1. The molecule has 1 amide bonds. The normalized spacial score (nSPS) is 14.4. The number of hydrogen-bond acceptors (Lipinski definition) is 2. The lowest BCUT2D eigenvalue weighted by atomic mass is 10.2. The van der Waals surface area contributed by atoms with Crippen LogP contribution in [0.2, 0.25) is 5.02 Å². The van der Waals surface area contributed by atoms with E-state index >= 15 is 0 Å². The standard InChI is InChI=1S/C10H9Cl2NO2/c11-6-10(14)13-3-4-15-9-5-7(12)1-2-8(9)13/h1-2,5H,3-4,6H2. The minimum absolute atomic E-state index is 0.0257. The maximum absolute atomic E-state index is 11.5. The molecular weight excluding hydrogens is 237 g/mol. The first-order chi connectivity index (χ1) is 7.22. The van der Waals surface area contributed by atoms with Gasteiger partial charge in [-0.2, -0.15) is 0 Å². The second-order valence-corrected chi connectivity index (χ2v) is 3.84. The van der Waals surface area contributed by atoms with E-state index in [1.165, 1.54) is 0 Å². The van der Waals surface area contributed by atoms with Crippen LogP contribution in [0.4, 0.5) is 5.69 Å². The van der Waals surface area contributed by atoms with Crippen molar-refractivity contribution in [3.05, 3.63) is 23.2 Å². The Balaban J connectivity index is 2.38. The number of rotatable bonds is 1. The zero-order valence-electron chi connectivity index (χ0n) is 7.87. The third-order valence-electron chi connectivity index (χ3n) is 2.20. The molecule has 1 heterocycles. The Morgan fingerprint density at radius 2 is 2.33 bits per heavy atom. The van der Waals surface area contributed by atoms with Crippen molar-refractivity contribution in [2.45, 2.75) is 0 Å². The predicted molar refractivity (Wildman–Crippen MR) is 60.0 cm³/mol. The monoisotopic (exact) mass is 245 g/mol. The summed E-state index contributed by atoms with van der Waals surface area (Å²) >= 11 is 11.4. The topological polar surface area (TPSA) is 29.5 Å². The summed E-state index contributed by atoms with van der Waals surface area (Å²) in [6.45, 7) is 0.996. The van der Waals surface area contributed by atoms with Crippen molar-refractivity contribution in [2.24, 2.45) is 0 Å². The molecule has 0 saturated carbocycles. The Bertz CT molecular complexity index is 395. The van der Waals surface area contributed by atoms with E-state index < -0.39 is 0 Å². The van der Waals surface area contributed by atoms with Crippen LogP contribution in [-0.4, -0.2) is 24.9 Å². The number of anilines is 1. The first-order valence-electron chi connectivity index (χ1n) is 4.51.